The van der Waals surface area contributed by atoms with Crippen LogP contribution in [0.15, 0.2) is 75.3 Å². The van der Waals surface area contributed by atoms with Gasteiger partial charge in [-0.1, -0.05) is 25.1 Å². The third-order valence-electron chi connectivity index (χ3n) is 11.0. The number of benzene rings is 2. The van der Waals surface area contributed by atoms with Crippen LogP contribution < -0.4 is 15.0 Å². The van der Waals surface area contributed by atoms with Crippen LogP contribution in [0.4, 0.5) is 0 Å². The molecule has 0 aliphatic carbocycles. The van der Waals surface area contributed by atoms with Gasteiger partial charge in [-0.2, -0.15) is 5.06 Å². The van der Waals surface area contributed by atoms with Crippen LogP contribution in [0, 0.1) is 0 Å². The second-order valence-electron chi connectivity index (χ2n) is 15.9. The summed E-state index contributed by atoms with van der Waals surface area (Å²) in [5, 5.41) is 13.0. The van der Waals surface area contributed by atoms with E-state index in [-0.39, 0.29) is 66.1 Å². The molecule has 0 amide bonds. The molecular weight excluding hydrogens is 755 g/mol. The average molecular weight is 802 g/mol. The van der Waals surface area contributed by atoms with E-state index in [1.807, 2.05) is 58.0 Å². The van der Waals surface area contributed by atoms with Crippen LogP contribution in [0.3, 0.4) is 0 Å². The number of nitrogens with one attached hydrogen (secondary N) is 1. The largest absolute Gasteiger partial charge is 0.497 e. The molecule has 2 N–H and O–H groups in total. The molecule has 0 unspecified atom stereocenters. The van der Waals surface area contributed by atoms with Crippen molar-refractivity contribution >= 4 is 38.7 Å². The third kappa shape index (κ3) is 7.54. The molecule has 3 aliphatic rings. The van der Waals surface area contributed by atoms with Crippen LogP contribution in [-0.2, 0) is 52.6 Å². The number of esters is 2. The molecule has 0 spiro atoms. The molecule has 1 atom stereocenters. The summed E-state index contributed by atoms with van der Waals surface area (Å²) in [4.78, 5) is 50.4. The number of piperidine rings is 1. The summed E-state index contributed by atoms with van der Waals surface area (Å²) in [6.07, 6.45) is 0.697. The Kier molecular flexibility index (Phi) is 10.5. The highest BCUT2D eigenvalue weighted by molar-refractivity contribution is 7.90. The topological polar surface area (TPSA) is 188 Å². The van der Waals surface area contributed by atoms with Gasteiger partial charge in [-0.25, -0.2) is 23.0 Å². The van der Waals surface area contributed by atoms with E-state index in [0.717, 1.165) is 16.5 Å². The number of hydrogen-bond donors (Lipinski definition) is 2. The van der Waals surface area contributed by atoms with Crippen LogP contribution >= 0.6 is 0 Å². The van der Waals surface area contributed by atoms with Crippen molar-refractivity contribution in [1.29, 1.82) is 0 Å². The maximum atomic E-state index is 13.9. The van der Waals surface area contributed by atoms with Gasteiger partial charge in [0, 0.05) is 34.0 Å². The standard InChI is InChI=1S/C41H47N5O10S/c1-7-41(31-19-33-36-26(18-25-10-8-9-11-32(25)43-36)23-45(33)37(48)30(31)24-55-38(41)49)56-35(47)22-42-34(44-57(51,52)29-14-12-27(53-6)13-15-29)16-17-54-28-20-39(2,3)46(50)40(4,5)21-28/h8-15,18-19,28,50H,7,16-17,20-24H2,1-6H3,(H,42,44)/t41-/m0/s1. The monoisotopic (exact) mass is 801 g/mol. The number of cyclic esters (lactones) is 1. The molecule has 16 heteroatoms. The summed E-state index contributed by atoms with van der Waals surface area (Å²) in [7, 11) is -2.71. The fourth-order valence-electron chi connectivity index (χ4n) is 8.22. The van der Waals surface area contributed by atoms with Crippen LogP contribution in [-0.4, -0.2) is 83.5 Å². The fraction of sp³-hybridized carbons (Fsp3) is 0.439. The van der Waals surface area contributed by atoms with Crippen molar-refractivity contribution in [3.8, 4) is 17.1 Å². The van der Waals surface area contributed by atoms with Crippen molar-refractivity contribution in [1.82, 2.24) is 19.3 Å². The van der Waals surface area contributed by atoms with Crippen molar-refractivity contribution in [3.05, 3.63) is 87.7 Å². The van der Waals surface area contributed by atoms with Gasteiger partial charge >= 0.3 is 11.9 Å². The number of amidine groups is 1. The Morgan fingerprint density at radius 1 is 1.05 bits per heavy atom. The lowest BCUT2D eigenvalue weighted by atomic mass is 9.80. The number of hydrogen-bond acceptors (Lipinski definition) is 13. The Labute approximate surface area is 330 Å². The molecule has 2 aromatic heterocycles. The van der Waals surface area contributed by atoms with Gasteiger partial charge in [0.1, 0.15) is 24.7 Å². The first kappa shape index (κ1) is 40.1. The first-order valence-electron chi connectivity index (χ1n) is 18.8. The summed E-state index contributed by atoms with van der Waals surface area (Å²) in [5.41, 5.74) is -0.415. The minimum absolute atomic E-state index is 0.0311. The number of sulfonamides is 1. The molecule has 7 rings (SSSR count). The predicted octanol–water partition coefficient (Wildman–Crippen LogP) is 4.83. The quantitative estimate of drug-likeness (QED) is 0.105. The van der Waals surface area contributed by atoms with Gasteiger partial charge < -0.3 is 28.7 Å². The normalized spacial score (nSPS) is 20.3. The lowest BCUT2D eigenvalue weighted by Crippen LogP contribution is -2.60. The molecule has 15 nitrogen and oxygen atoms in total. The van der Waals surface area contributed by atoms with E-state index >= 15 is 0 Å². The van der Waals surface area contributed by atoms with Crippen molar-refractivity contribution in [2.75, 3.05) is 20.3 Å². The summed E-state index contributed by atoms with van der Waals surface area (Å²) in [5.74, 6) is -1.40. The number of nitrogens with zero attached hydrogens (tertiary/aromatic N) is 4. The maximum absolute atomic E-state index is 13.9. The van der Waals surface area contributed by atoms with Crippen LogP contribution in [0.1, 0.15) is 77.0 Å². The first-order valence-corrected chi connectivity index (χ1v) is 20.3. The Balaban J connectivity index is 1.15. The minimum atomic E-state index is -4.17. The summed E-state index contributed by atoms with van der Waals surface area (Å²) in [6, 6.07) is 17.1. The zero-order chi connectivity index (χ0) is 40.9. The number of pyridine rings is 2. The van der Waals surface area contributed by atoms with Crippen LogP contribution in [0.5, 0.6) is 5.75 Å². The molecule has 302 valence electrons. The number of carbonyl (C=O) groups excluding carboxylic acids is 2. The molecule has 2 aromatic carbocycles. The van der Waals surface area contributed by atoms with Gasteiger partial charge in [0.2, 0.25) is 5.60 Å². The van der Waals surface area contributed by atoms with Gasteiger partial charge in [-0.15, -0.1) is 0 Å². The number of aliphatic imine (C=N–C) groups is 1. The second-order valence-corrected chi connectivity index (χ2v) is 17.5. The number of ether oxygens (including phenoxy) is 4. The number of hydroxylamine groups is 2. The summed E-state index contributed by atoms with van der Waals surface area (Å²) >= 11 is 0. The Morgan fingerprint density at radius 3 is 2.44 bits per heavy atom. The zero-order valence-electron chi connectivity index (χ0n) is 32.8. The van der Waals surface area contributed by atoms with Crippen molar-refractivity contribution < 1.29 is 42.2 Å². The molecule has 0 radical (unpaired) electrons. The SMILES string of the molecule is CC[C@@]1(OC(=O)CN=C(CCOC2CC(C)(C)N(O)C(C)(C)C2)NS(=O)(=O)c2ccc(OC)cc2)C(=O)OCc2c1cc1n(c2=O)Cc2cc3ccccc3nc2-1. The molecule has 3 aliphatic heterocycles. The third-order valence-corrected chi connectivity index (χ3v) is 12.4. The van der Waals surface area contributed by atoms with E-state index in [2.05, 4.69) is 9.71 Å². The molecular formula is C41H47N5O10S. The Morgan fingerprint density at radius 2 is 1.75 bits per heavy atom. The molecule has 57 heavy (non-hydrogen) atoms. The van der Waals surface area contributed by atoms with E-state index in [4.69, 9.17) is 23.9 Å². The fourth-order valence-corrected chi connectivity index (χ4v) is 9.31. The lowest BCUT2D eigenvalue weighted by molar-refractivity contribution is -0.261. The van der Waals surface area contributed by atoms with E-state index in [1.165, 1.54) is 36.4 Å². The van der Waals surface area contributed by atoms with E-state index < -0.39 is 45.2 Å². The van der Waals surface area contributed by atoms with Gasteiger partial charge in [0.25, 0.3) is 15.6 Å². The van der Waals surface area contributed by atoms with Gasteiger partial charge in [0.15, 0.2) is 0 Å². The van der Waals surface area contributed by atoms with E-state index in [9.17, 15) is 28.0 Å². The molecule has 5 heterocycles. The highest BCUT2D eigenvalue weighted by Crippen LogP contribution is 2.41. The highest BCUT2D eigenvalue weighted by Gasteiger charge is 2.50. The van der Waals surface area contributed by atoms with Crippen molar-refractivity contribution in [2.24, 2.45) is 4.99 Å². The van der Waals surface area contributed by atoms with Crippen LogP contribution in [0.25, 0.3) is 22.3 Å². The number of methoxy groups -OCH3 is 1. The summed E-state index contributed by atoms with van der Waals surface area (Å²) in [6.45, 7) is 8.66. The van der Waals surface area contributed by atoms with Gasteiger partial charge in [-0.05, 0) is 89.4 Å². The average Bonchev–Trinajstić information content (AvgIpc) is 3.53. The smallest absolute Gasteiger partial charge is 0.355 e. The predicted molar refractivity (Wildman–Crippen MR) is 209 cm³/mol. The Bertz CT molecular complexity index is 2430. The number of fused-ring (bicyclic) bond motifs is 5. The number of para-hydroxylation sites is 1. The van der Waals surface area contributed by atoms with Gasteiger partial charge in [0.05, 0.1) is 53.7 Å². The molecule has 0 bridgehead atoms. The number of rotatable bonds is 11. The lowest BCUT2D eigenvalue weighted by Gasteiger charge is -2.51. The van der Waals surface area contributed by atoms with E-state index in [0.29, 0.717) is 30.0 Å². The maximum Gasteiger partial charge on any atom is 0.355 e. The molecule has 0 saturated carbocycles. The van der Waals surface area contributed by atoms with Crippen LogP contribution in [0.2, 0.25) is 0 Å². The van der Waals surface area contributed by atoms with Gasteiger partial charge in [-0.3, -0.25) is 14.5 Å². The Hall–Kier alpha value is -5.16. The molecule has 4 aromatic rings. The number of carbonyl (C=O) groups is 2. The highest BCUT2D eigenvalue weighted by atomic mass is 32.2. The minimum Gasteiger partial charge on any atom is -0.497 e. The zero-order valence-corrected chi connectivity index (χ0v) is 33.6. The van der Waals surface area contributed by atoms with E-state index in [1.54, 1.807) is 17.6 Å². The first-order chi connectivity index (χ1) is 27.0. The molecule has 1 fully saturated rings. The van der Waals surface area contributed by atoms with Crippen molar-refractivity contribution in [2.45, 2.75) is 101 Å². The molecule has 1 saturated heterocycles. The summed E-state index contributed by atoms with van der Waals surface area (Å²) < 4.78 is 53.9. The number of aromatic nitrogens is 2. The second kappa shape index (κ2) is 15.0. The van der Waals surface area contributed by atoms with Crippen molar-refractivity contribution in [3.63, 3.8) is 0 Å².